The Morgan fingerprint density at radius 1 is 0.314 bits per heavy atom. The van der Waals surface area contributed by atoms with Crippen molar-refractivity contribution in [2.45, 2.75) is 0 Å². The van der Waals surface area contributed by atoms with Crippen LogP contribution in [0.15, 0.2) is 186 Å². The van der Waals surface area contributed by atoms with Crippen LogP contribution in [0.4, 0.5) is 0 Å². The van der Waals surface area contributed by atoms with E-state index in [-0.39, 0.29) is 0 Å². The number of rotatable bonds is 3. The molecule has 0 atom stereocenters. The molecule has 51 heavy (non-hydrogen) atoms. The van der Waals surface area contributed by atoms with Crippen LogP contribution in [-0.2, 0) is 0 Å². The molecule has 236 valence electrons. The van der Waals surface area contributed by atoms with Crippen LogP contribution in [0.25, 0.3) is 109 Å². The third-order valence-corrected chi connectivity index (χ3v) is 8.51. The fourth-order valence-corrected chi connectivity index (χ4v) is 6.35. The minimum atomic E-state index is -1.08. The van der Waals surface area contributed by atoms with E-state index in [0.717, 1.165) is 0 Å². The maximum absolute atomic E-state index is 9.91. The van der Waals surface area contributed by atoms with Gasteiger partial charge >= 0.3 is 0 Å². The second-order valence-electron chi connectivity index (χ2n) is 11.3. The lowest BCUT2D eigenvalue weighted by atomic mass is 9.84. The molecule has 0 unspecified atom stereocenters. The van der Waals surface area contributed by atoms with E-state index in [2.05, 4.69) is 0 Å². The molecule has 0 radical (unpaired) electrons. The monoisotopic (exact) mass is 676 g/mol. The second-order valence-corrected chi connectivity index (χ2v) is 11.3. The summed E-state index contributed by atoms with van der Waals surface area (Å²) in [4.78, 5) is 0. The van der Waals surface area contributed by atoms with Crippen molar-refractivity contribution in [3.8, 4) is 33.4 Å². The molecule has 0 aliphatic carbocycles. The molecular weight excluding hydrogens is 617 g/mol. The molecule has 0 bridgehead atoms. The van der Waals surface area contributed by atoms with Crippen LogP contribution < -0.4 is 0 Å². The molecule has 0 aliphatic rings. The smallest absolute Gasteiger partial charge is 0.136 e. The summed E-state index contributed by atoms with van der Waals surface area (Å²) in [5.41, 5.74) is -5.74. The molecule has 0 amide bonds. The summed E-state index contributed by atoms with van der Waals surface area (Å²) < 4.78 is 278. The van der Waals surface area contributed by atoms with Crippen molar-refractivity contribution in [2.24, 2.45) is 0 Å². The van der Waals surface area contributed by atoms with E-state index in [1.54, 1.807) is 0 Å². The molecule has 1 heteroatoms. The van der Waals surface area contributed by atoms with Crippen molar-refractivity contribution in [1.29, 1.82) is 0 Å². The van der Waals surface area contributed by atoms with Gasteiger partial charge in [-0.3, -0.25) is 0 Å². The van der Waals surface area contributed by atoms with E-state index in [0.29, 0.717) is 0 Å². The van der Waals surface area contributed by atoms with Crippen LogP contribution in [0, 0.1) is 0 Å². The molecule has 0 aliphatic heterocycles. The van der Waals surface area contributed by atoms with Gasteiger partial charge < -0.3 is 4.42 Å². The predicted molar refractivity (Wildman–Crippen MR) is 218 cm³/mol. The molecule has 11 aromatic rings. The maximum Gasteiger partial charge on any atom is 0.136 e. The highest BCUT2D eigenvalue weighted by Crippen LogP contribution is 2.47. The molecule has 0 N–H and O–H groups in total. The van der Waals surface area contributed by atoms with Crippen LogP contribution in [0.5, 0.6) is 0 Å². The third kappa shape index (κ3) is 4.28. The lowest BCUT2D eigenvalue weighted by molar-refractivity contribution is 0.669. The predicted octanol–water partition coefficient (Wildman–Crippen LogP) is 14.4. The topological polar surface area (TPSA) is 13.1 Å². The van der Waals surface area contributed by atoms with Gasteiger partial charge in [0.25, 0.3) is 0 Å². The van der Waals surface area contributed by atoms with Crippen LogP contribution >= 0.6 is 0 Å². The summed E-state index contributed by atoms with van der Waals surface area (Å²) in [7, 11) is 0. The average Bonchev–Trinajstić information content (AvgIpc) is 3.38. The van der Waals surface area contributed by atoms with Crippen LogP contribution in [0.2, 0.25) is 0 Å². The summed E-state index contributed by atoms with van der Waals surface area (Å²) in [6.45, 7) is 0. The van der Waals surface area contributed by atoms with Crippen molar-refractivity contribution < 1.29 is 45.5 Å². The van der Waals surface area contributed by atoms with Gasteiger partial charge in [-0.1, -0.05) is 151 Å². The van der Waals surface area contributed by atoms with Crippen LogP contribution in [0.3, 0.4) is 0 Å². The van der Waals surface area contributed by atoms with E-state index in [1.807, 2.05) is 0 Å². The second kappa shape index (κ2) is 10.9. The Labute approximate surface area is 336 Å². The summed E-state index contributed by atoms with van der Waals surface area (Å²) in [6, 6.07) is -27.8. The molecular formula is C50H30O. The number of hydrogen-bond donors (Lipinski definition) is 0. The van der Waals surface area contributed by atoms with Gasteiger partial charge in [0.05, 0.1) is 41.1 Å². The highest BCUT2D eigenvalue weighted by atomic mass is 16.3. The molecule has 1 heterocycles. The Bertz CT molecular complexity index is 4820. The molecule has 10 aromatic carbocycles. The Morgan fingerprint density at radius 2 is 0.882 bits per heavy atom. The van der Waals surface area contributed by atoms with E-state index >= 15 is 0 Å². The Morgan fingerprint density at radius 3 is 1.57 bits per heavy atom. The largest absolute Gasteiger partial charge is 0.456 e. The first-order valence-electron chi connectivity index (χ1n) is 30.2. The Hall–Kier alpha value is -6.70. The highest BCUT2D eigenvalue weighted by Gasteiger charge is 2.20. The number of hydrogen-bond acceptors (Lipinski definition) is 1. The van der Waals surface area contributed by atoms with Gasteiger partial charge in [-0.2, -0.15) is 0 Å². The lowest BCUT2D eigenvalue weighted by Gasteiger charge is -2.18. The fourth-order valence-electron chi connectivity index (χ4n) is 6.35. The number of fused-ring (bicyclic) bond motifs is 9. The van der Waals surface area contributed by atoms with Crippen molar-refractivity contribution in [2.75, 3.05) is 0 Å². The van der Waals surface area contributed by atoms with Crippen molar-refractivity contribution in [1.82, 2.24) is 0 Å². The normalized spacial score (nSPS) is 20.2. The lowest BCUT2D eigenvalue weighted by Crippen LogP contribution is -1.91. The van der Waals surface area contributed by atoms with Gasteiger partial charge in [0.1, 0.15) is 11.2 Å². The summed E-state index contributed by atoms with van der Waals surface area (Å²) in [5, 5.41) is -7.86. The molecule has 0 spiro atoms. The van der Waals surface area contributed by atoms with E-state index in [9.17, 15) is 19.2 Å². The summed E-state index contributed by atoms with van der Waals surface area (Å²) in [5.74, 6) is 0. The average molecular weight is 677 g/mol. The van der Waals surface area contributed by atoms with E-state index in [4.69, 9.17) is 26.3 Å². The van der Waals surface area contributed by atoms with Gasteiger partial charge in [0.2, 0.25) is 0 Å². The van der Waals surface area contributed by atoms with Crippen molar-refractivity contribution in [3.63, 3.8) is 0 Å². The van der Waals surface area contributed by atoms with Gasteiger partial charge in [0.15, 0.2) is 0 Å². The number of benzene rings is 10. The number of furan rings is 1. The highest BCUT2D eigenvalue weighted by molar-refractivity contribution is 6.26. The molecule has 11 rings (SSSR count). The van der Waals surface area contributed by atoms with Gasteiger partial charge in [-0.05, 0) is 117 Å². The first kappa shape index (κ1) is 11.7. The Kier molecular flexibility index (Phi) is 2.50. The zero-order chi connectivity index (χ0) is 59.6. The third-order valence-electron chi connectivity index (χ3n) is 8.51. The first-order chi connectivity index (χ1) is 37.8. The van der Waals surface area contributed by atoms with E-state index in [1.165, 1.54) is 0 Å². The fraction of sp³-hybridized carbons (Fsp3) is 0. The molecule has 1 nitrogen and oxygen atoms in total. The van der Waals surface area contributed by atoms with Crippen molar-refractivity contribution >= 4 is 75.8 Å². The van der Waals surface area contributed by atoms with Crippen LogP contribution in [0.1, 0.15) is 41.1 Å². The van der Waals surface area contributed by atoms with Gasteiger partial charge in [-0.25, -0.2) is 0 Å². The summed E-state index contributed by atoms with van der Waals surface area (Å²) >= 11 is 0. The summed E-state index contributed by atoms with van der Waals surface area (Å²) in [6.07, 6.45) is 0. The maximum atomic E-state index is 9.91. The van der Waals surface area contributed by atoms with Gasteiger partial charge in [0, 0.05) is 10.8 Å². The molecule has 1 aromatic heterocycles. The van der Waals surface area contributed by atoms with Crippen LogP contribution in [-0.4, -0.2) is 0 Å². The van der Waals surface area contributed by atoms with Crippen molar-refractivity contribution in [3.05, 3.63) is 181 Å². The zero-order valence-electron chi connectivity index (χ0n) is 55.4. The SMILES string of the molecule is [2H]c1c([2H])c([2H])c(-c2c([2H])c([2H])c3c(c2[2H])c([2H])c([2H])c2c([2H])c(-c4c5c([2H])c([2H])c([2H])c([2H])c5c(-c5c([2H])c([2H])c([2H])c6oc7c([2H])c8c([2H])c([2H])c([2H])c([2H])c8c([2H])c7c56)c5c([2H])c([2H])c([2H])c([2H])c45)c([2H])c([2H])c23)c([2H])c1[2H]. The molecule has 0 fully saturated rings. The quantitative estimate of drug-likeness (QED) is 0.134. The minimum Gasteiger partial charge on any atom is -0.456 e. The zero-order valence-corrected chi connectivity index (χ0v) is 25.4. The standard InChI is InChI=1S/C50H30O/c1-2-11-31(12-3-1)34-23-25-38-35(27-34)21-22-36-28-37(24-26-39(36)38)48-40-15-6-8-17-42(40)49(43-18-9-7-16-41(43)48)44-19-10-20-46-50(44)45-29-32-13-4-5-14-33(32)30-47(45)51-46/h1-30H/i1D,2D,3D,4D,5D,6D,7D,8D,9D,10D,11D,12D,13D,14D,15D,16D,17D,18D,19D,20D,21D,22D,23D,24D,25D,26D,27D,28D,29D,30D. The molecule has 0 saturated carbocycles. The first-order valence-corrected chi connectivity index (χ1v) is 15.2. The Balaban J connectivity index is 1.40. The molecule has 0 saturated heterocycles. The minimum absolute atomic E-state index is 0.494. The van der Waals surface area contributed by atoms with Gasteiger partial charge in [-0.15, -0.1) is 0 Å². The van der Waals surface area contributed by atoms with E-state index < -0.39 is 290 Å².